The second-order valence-electron chi connectivity index (χ2n) is 3.47. The molecule has 0 saturated carbocycles. The molecule has 3 nitrogen and oxygen atoms in total. The van der Waals surface area contributed by atoms with E-state index in [9.17, 15) is 0 Å². The molecule has 0 fully saturated rings. The summed E-state index contributed by atoms with van der Waals surface area (Å²) >= 11 is 0. The van der Waals surface area contributed by atoms with Crippen LogP contribution in [0.15, 0.2) is 54.6 Å². The molecular formula is C14H17N3. The van der Waals surface area contributed by atoms with Crippen molar-refractivity contribution >= 4 is 11.0 Å². The minimum atomic E-state index is 0. The van der Waals surface area contributed by atoms with Crippen molar-refractivity contribution in [2.75, 3.05) is 0 Å². The molecule has 2 aromatic carbocycles. The van der Waals surface area contributed by atoms with E-state index in [1.165, 1.54) is 0 Å². The van der Waals surface area contributed by atoms with Gasteiger partial charge in [0.2, 0.25) is 0 Å². The summed E-state index contributed by atoms with van der Waals surface area (Å²) in [7, 11) is 0. The fourth-order valence-electron chi connectivity index (χ4n) is 1.69. The lowest BCUT2D eigenvalue weighted by atomic mass is 10.2. The molecular weight excluding hydrogens is 210 g/mol. The smallest absolute Gasteiger partial charge is 0.138 e. The summed E-state index contributed by atoms with van der Waals surface area (Å²) in [6.45, 7) is 0. The predicted octanol–water partition coefficient (Wildman–Crippen LogP) is 4.03. The highest BCUT2D eigenvalue weighted by atomic mass is 14.9. The normalized spacial score (nSPS) is 9.41. The Kier molecular flexibility index (Phi) is 4.01. The number of aromatic amines is 1. The summed E-state index contributed by atoms with van der Waals surface area (Å²) in [6.07, 6.45) is 0. The lowest BCUT2D eigenvalue weighted by Gasteiger charge is -1.93. The van der Waals surface area contributed by atoms with Crippen LogP contribution in [-0.4, -0.2) is 9.97 Å². The van der Waals surface area contributed by atoms with Gasteiger partial charge in [0.15, 0.2) is 0 Å². The molecule has 0 spiro atoms. The van der Waals surface area contributed by atoms with Crippen molar-refractivity contribution in [2.24, 2.45) is 0 Å². The van der Waals surface area contributed by atoms with Crippen LogP contribution in [0.4, 0.5) is 0 Å². The largest absolute Gasteiger partial charge is 0.344 e. The number of benzene rings is 2. The summed E-state index contributed by atoms with van der Waals surface area (Å²) in [5.74, 6) is 0.928. The van der Waals surface area contributed by atoms with E-state index in [0.717, 1.165) is 22.4 Å². The zero-order chi connectivity index (χ0) is 10.1. The highest BCUT2D eigenvalue weighted by molar-refractivity contribution is 5.79. The van der Waals surface area contributed by atoms with E-state index in [-0.39, 0.29) is 13.6 Å². The second kappa shape index (κ2) is 5.27. The van der Waals surface area contributed by atoms with Crippen LogP contribution in [0.5, 0.6) is 0 Å². The molecule has 0 unspecified atom stereocenters. The van der Waals surface area contributed by atoms with Crippen molar-refractivity contribution in [1.29, 1.82) is 0 Å². The molecule has 3 heteroatoms. The van der Waals surface area contributed by atoms with Crippen molar-refractivity contribution < 1.29 is 0 Å². The molecule has 88 valence electrons. The van der Waals surface area contributed by atoms with Gasteiger partial charge in [0, 0.05) is 5.56 Å². The molecule has 0 saturated heterocycles. The maximum Gasteiger partial charge on any atom is 0.138 e. The molecule has 0 bridgehead atoms. The molecule has 3 rings (SSSR count). The van der Waals surface area contributed by atoms with Crippen LogP contribution >= 0.6 is 0 Å². The van der Waals surface area contributed by atoms with Crippen LogP contribution < -0.4 is 6.15 Å². The van der Waals surface area contributed by atoms with Crippen LogP contribution in [0.2, 0.25) is 0 Å². The first-order valence-electron chi connectivity index (χ1n) is 4.94. The Bertz CT molecular complexity index is 551. The van der Waals surface area contributed by atoms with Gasteiger partial charge in [0.1, 0.15) is 5.82 Å². The molecule has 0 aliphatic heterocycles. The molecule has 0 atom stereocenters. The SMILES string of the molecule is C.N.c1ccc(-c2nc3ccccc3[nH]2)cc1. The minimum absolute atomic E-state index is 0. The molecule has 3 aromatic rings. The maximum atomic E-state index is 4.53. The molecule has 1 aromatic heterocycles. The standard InChI is InChI=1S/C13H10N2.CH4.H3N/c1-2-6-10(7-3-1)13-14-11-8-4-5-9-12(11)15-13;;/h1-9H,(H,14,15);1H4;1H3. The Morgan fingerprint density at radius 1 is 0.824 bits per heavy atom. The fraction of sp³-hybridized carbons (Fsp3) is 0.0714. The lowest BCUT2D eigenvalue weighted by molar-refractivity contribution is 1.34. The van der Waals surface area contributed by atoms with E-state index in [4.69, 9.17) is 0 Å². The summed E-state index contributed by atoms with van der Waals surface area (Å²) in [6, 6.07) is 18.2. The Balaban J connectivity index is 0.000000722. The Morgan fingerprint density at radius 3 is 2.18 bits per heavy atom. The quantitative estimate of drug-likeness (QED) is 0.659. The van der Waals surface area contributed by atoms with E-state index >= 15 is 0 Å². The van der Waals surface area contributed by atoms with E-state index in [1.807, 2.05) is 42.5 Å². The number of H-pyrrole nitrogens is 1. The Morgan fingerprint density at radius 2 is 1.47 bits per heavy atom. The van der Waals surface area contributed by atoms with E-state index in [0.29, 0.717) is 0 Å². The van der Waals surface area contributed by atoms with Gasteiger partial charge in [-0.15, -0.1) is 0 Å². The lowest BCUT2D eigenvalue weighted by Crippen LogP contribution is -1.77. The molecule has 0 aliphatic rings. The summed E-state index contributed by atoms with van der Waals surface area (Å²) in [4.78, 5) is 7.83. The summed E-state index contributed by atoms with van der Waals surface area (Å²) < 4.78 is 0. The zero-order valence-electron chi connectivity index (χ0n) is 8.85. The second-order valence-corrected chi connectivity index (χ2v) is 3.47. The van der Waals surface area contributed by atoms with Crippen molar-refractivity contribution in [3.63, 3.8) is 0 Å². The van der Waals surface area contributed by atoms with Gasteiger partial charge in [-0.3, -0.25) is 0 Å². The zero-order valence-corrected chi connectivity index (χ0v) is 8.85. The van der Waals surface area contributed by atoms with Crippen LogP contribution in [0, 0.1) is 0 Å². The van der Waals surface area contributed by atoms with Crippen LogP contribution in [0.1, 0.15) is 7.43 Å². The minimum Gasteiger partial charge on any atom is -0.344 e. The first kappa shape index (κ1) is 12.9. The number of nitrogens with zero attached hydrogens (tertiary/aromatic N) is 1. The highest BCUT2D eigenvalue weighted by Crippen LogP contribution is 2.19. The number of aromatic nitrogens is 2. The van der Waals surface area contributed by atoms with Gasteiger partial charge in [-0.05, 0) is 12.1 Å². The number of para-hydroxylation sites is 2. The topological polar surface area (TPSA) is 63.7 Å². The fourth-order valence-corrected chi connectivity index (χ4v) is 1.69. The van der Waals surface area contributed by atoms with E-state index < -0.39 is 0 Å². The molecule has 1 heterocycles. The third-order valence-corrected chi connectivity index (χ3v) is 2.44. The first-order valence-corrected chi connectivity index (χ1v) is 4.94. The molecule has 0 aliphatic carbocycles. The van der Waals surface area contributed by atoms with Crippen LogP contribution in [0.3, 0.4) is 0 Å². The van der Waals surface area contributed by atoms with Crippen molar-refractivity contribution in [3.8, 4) is 11.4 Å². The number of imidazole rings is 1. The van der Waals surface area contributed by atoms with Gasteiger partial charge < -0.3 is 11.1 Å². The average Bonchev–Trinajstić information content (AvgIpc) is 2.74. The number of hydrogen-bond acceptors (Lipinski definition) is 2. The third kappa shape index (κ3) is 2.34. The van der Waals surface area contributed by atoms with Gasteiger partial charge >= 0.3 is 0 Å². The monoisotopic (exact) mass is 227 g/mol. The van der Waals surface area contributed by atoms with Gasteiger partial charge in [-0.25, -0.2) is 4.98 Å². The Hall–Kier alpha value is -2.13. The van der Waals surface area contributed by atoms with Crippen LogP contribution in [-0.2, 0) is 0 Å². The summed E-state index contributed by atoms with van der Waals surface area (Å²) in [5.41, 5.74) is 3.21. The first-order chi connectivity index (χ1) is 7.43. The number of fused-ring (bicyclic) bond motifs is 1. The molecule has 0 radical (unpaired) electrons. The van der Waals surface area contributed by atoms with Gasteiger partial charge in [0.05, 0.1) is 11.0 Å². The third-order valence-electron chi connectivity index (χ3n) is 2.44. The molecule has 17 heavy (non-hydrogen) atoms. The average molecular weight is 227 g/mol. The van der Waals surface area contributed by atoms with Crippen molar-refractivity contribution in [3.05, 3.63) is 54.6 Å². The summed E-state index contributed by atoms with van der Waals surface area (Å²) in [5, 5.41) is 0. The van der Waals surface area contributed by atoms with Crippen molar-refractivity contribution in [2.45, 2.75) is 7.43 Å². The predicted molar refractivity (Wildman–Crippen MR) is 73.3 cm³/mol. The van der Waals surface area contributed by atoms with Crippen molar-refractivity contribution in [1.82, 2.24) is 16.1 Å². The molecule has 4 N–H and O–H groups in total. The highest BCUT2D eigenvalue weighted by Gasteiger charge is 2.02. The maximum absolute atomic E-state index is 4.53. The van der Waals surface area contributed by atoms with E-state index in [2.05, 4.69) is 22.1 Å². The van der Waals surface area contributed by atoms with Gasteiger partial charge in [-0.1, -0.05) is 49.9 Å². The Labute approximate surface area is 101 Å². The number of nitrogens with one attached hydrogen (secondary N) is 1. The number of rotatable bonds is 1. The van der Waals surface area contributed by atoms with E-state index in [1.54, 1.807) is 0 Å². The van der Waals surface area contributed by atoms with Gasteiger partial charge in [-0.2, -0.15) is 0 Å². The van der Waals surface area contributed by atoms with Crippen LogP contribution in [0.25, 0.3) is 22.4 Å². The number of hydrogen-bond donors (Lipinski definition) is 2. The molecule has 0 amide bonds. The van der Waals surface area contributed by atoms with Gasteiger partial charge in [0.25, 0.3) is 0 Å².